The van der Waals surface area contributed by atoms with Crippen LogP contribution in [-0.2, 0) is 0 Å². The van der Waals surface area contributed by atoms with Crippen LogP contribution in [0, 0.1) is 5.92 Å². The second-order valence-electron chi connectivity index (χ2n) is 5.75. The predicted octanol–water partition coefficient (Wildman–Crippen LogP) is 3.54. The Hall–Kier alpha value is -1.09. The summed E-state index contributed by atoms with van der Waals surface area (Å²) in [5, 5.41) is 9.74. The number of hydrogen-bond donors (Lipinski definition) is 1. The third-order valence-electron chi connectivity index (χ3n) is 4.20. The Bertz CT molecular complexity index is 371. The minimum absolute atomic E-state index is 0.433. The average Bonchev–Trinajstić information content (AvgIpc) is 2.47. The number of rotatable bonds is 5. The summed E-state index contributed by atoms with van der Waals surface area (Å²) in [5.74, 6) is 0.833. The first-order chi connectivity index (χ1) is 9.20. The van der Waals surface area contributed by atoms with Crippen molar-refractivity contribution >= 4 is 5.69 Å². The van der Waals surface area contributed by atoms with Crippen LogP contribution >= 0.6 is 0 Å². The van der Waals surface area contributed by atoms with Gasteiger partial charge in [0.1, 0.15) is 0 Å². The van der Waals surface area contributed by atoms with Gasteiger partial charge in [0.15, 0.2) is 0 Å². The largest absolute Gasteiger partial charge is 0.387 e. The van der Waals surface area contributed by atoms with Crippen LogP contribution in [-0.4, -0.2) is 23.7 Å². The van der Waals surface area contributed by atoms with E-state index in [4.69, 9.17) is 0 Å². The van der Waals surface area contributed by atoms with Gasteiger partial charge in [-0.3, -0.25) is 4.98 Å². The lowest BCUT2D eigenvalue weighted by Gasteiger charge is -2.28. The topological polar surface area (TPSA) is 36.4 Å². The molecule has 0 aliphatic heterocycles. The molecule has 1 aliphatic rings. The Morgan fingerprint density at radius 3 is 2.63 bits per heavy atom. The summed E-state index contributed by atoms with van der Waals surface area (Å²) >= 11 is 0. The summed E-state index contributed by atoms with van der Waals surface area (Å²) in [6.07, 6.45) is 9.08. The van der Waals surface area contributed by atoms with Gasteiger partial charge in [-0.1, -0.05) is 26.2 Å². The first-order valence-electron chi connectivity index (χ1n) is 7.56. The summed E-state index contributed by atoms with van der Waals surface area (Å²) < 4.78 is 0. The van der Waals surface area contributed by atoms with Crippen LogP contribution < -0.4 is 4.90 Å². The fourth-order valence-electron chi connectivity index (χ4n) is 2.89. The Morgan fingerprint density at radius 2 is 2.05 bits per heavy atom. The Morgan fingerprint density at radius 1 is 1.32 bits per heavy atom. The monoisotopic (exact) mass is 262 g/mol. The first kappa shape index (κ1) is 14.3. The average molecular weight is 262 g/mol. The fourth-order valence-corrected chi connectivity index (χ4v) is 2.89. The van der Waals surface area contributed by atoms with E-state index in [-0.39, 0.29) is 0 Å². The van der Waals surface area contributed by atoms with E-state index >= 15 is 0 Å². The van der Waals surface area contributed by atoms with Gasteiger partial charge >= 0.3 is 0 Å². The molecule has 1 N–H and O–H groups in total. The standard InChI is InChI=1S/C16H26N2O/c1-3-16(19)15-10-9-14(11-17-15)18(2)12-13-7-5-4-6-8-13/h9-11,13,16,19H,3-8,12H2,1-2H3/t16-/m1/s1. The van der Waals surface area contributed by atoms with E-state index in [1.807, 2.05) is 19.2 Å². The Balaban J connectivity index is 1.93. The summed E-state index contributed by atoms with van der Waals surface area (Å²) in [7, 11) is 2.14. The van der Waals surface area contributed by atoms with Crippen molar-refractivity contribution in [2.24, 2.45) is 5.92 Å². The van der Waals surface area contributed by atoms with E-state index in [0.717, 1.165) is 23.8 Å². The van der Waals surface area contributed by atoms with Gasteiger partial charge in [0.05, 0.1) is 23.7 Å². The second kappa shape index (κ2) is 6.90. The molecule has 0 amide bonds. The number of anilines is 1. The van der Waals surface area contributed by atoms with Crippen molar-refractivity contribution < 1.29 is 5.11 Å². The molecule has 1 saturated carbocycles. The van der Waals surface area contributed by atoms with Crippen molar-refractivity contribution in [1.82, 2.24) is 4.98 Å². The van der Waals surface area contributed by atoms with Crippen LogP contribution in [0.2, 0.25) is 0 Å². The highest BCUT2D eigenvalue weighted by Gasteiger charge is 2.16. The number of aliphatic hydroxyl groups is 1. The zero-order chi connectivity index (χ0) is 13.7. The van der Waals surface area contributed by atoms with Crippen LogP contribution in [0.3, 0.4) is 0 Å². The smallest absolute Gasteiger partial charge is 0.0957 e. The molecule has 0 bridgehead atoms. The number of pyridine rings is 1. The third-order valence-corrected chi connectivity index (χ3v) is 4.20. The van der Waals surface area contributed by atoms with Crippen molar-refractivity contribution in [3.05, 3.63) is 24.0 Å². The lowest BCUT2D eigenvalue weighted by Crippen LogP contribution is -2.26. The van der Waals surface area contributed by atoms with Crippen molar-refractivity contribution in [3.63, 3.8) is 0 Å². The maximum Gasteiger partial charge on any atom is 0.0957 e. The van der Waals surface area contributed by atoms with Crippen LogP contribution in [0.15, 0.2) is 18.3 Å². The van der Waals surface area contributed by atoms with Crippen LogP contribution in [0.5, 0.6) is 0 Å². The van der Waals surface area contributed by atoms with E-state index in [0.29, 0.717) is 6.42 Å². The fraction of sp³-hybridized carbons (Fsp3) is 0.688. The number of nitrogens with zero attached hydrogens (tertiary/aromatic N) is 2. The molecule has 3 heteroatoms. The lowest BCUT2D eigenvalue weighted by molar-refractivity contribution is 0.169. The van der Waals surface area contributed by atoms with Crippen LogP contribution in [0.25, 0.3) is 0 Å². The van der Waals surface area contributed by atoms with Gasteiger partial charge in [0.2, 0.25) is 0 Å². The van der Waals surface area contributed by atoms with Gasteiger partial charge in [-0.05, 0) is 37.3 Å². The minimum atomic E-state index is -0.433. The molecule has 1 atom stereocenters. The summed E-state index contributed by atoms with van der Waals surface area (Å²) in [5.41, 5.74) is 1.93. The first-order valence-corrected chi connectivity index (χ1v) is 7.56. The molecule has 0 spiro atoms. The number of aromatic nitrogens is 1. The van der Waals surface area contributed by atoms with E-state index in [2.05, 4.69) is 23.0 Å². The van der Waals surface area contributed by atoms with E-state index in [9.17, 15) is 5.11 Å². The van der Waals surface area contributed by atoms with Gasteiger partial charge < -0.3 is 10.0 Å². The molecule has 0 unspecified atom stereocenters. The normalized spacial score (nSPS) is 18.3. The maximum absolute atomic E-state index is 9.74. The zero-order valence-corrected chi connectivity index (χ0v) is 12.2. The van der Waals surface area contributed by atoms with Crippen LogP contribution in [0.1, 0.15) is 57.2 Å². The number of hydrogen-bond acceptors (Lipinski definition) is 3. The van der Waals surface area contributed by atoms with Crippen molar-refractivity contribution in [1.29, 1.82) is 0 Å². The van der Waals surface area contributed by atoms with Crippen molar-refractivity contribution in [2.75, 3.05) is 18.5 Å². The third kappa shape index (κ3) is 3.93. The predicted molar refractivity (Wildman–Crippen MR) is 79.3 cm³/mol. The van der Waals surface area contributed by atoms with Gasteiger partial charge in [-0.15, -0.1) is 0 Å². The SMILES string of the molecule is CC[C@@H](O)c1ccc(N(C)CC2CCCCC2)cn1. The summed E-state index contributed by atoms with van der Waals surface area (Å²) in [4.78, 5) is 6.67. The van der Waals surface area contributed by atoms with Gasteiger partial charge in [-0.2, -0.15) is 0 Å². The molecular weight excluding hydrogens is 236 g/mol. The molecule has 0 saturated heterocycles. The van der Waals surface area contributed by atoms with Gasteiger partial charge in [0.25, 0.3) is 0 Å². The zero-order valence-electron chi connectivity index (χ0n) is 12.2. The molecule has 2 rings (SSSR count). The van der Waals surface area contributed by atoms with Crippen molar-refractivity contribution in [2.45, 2.75) is 51.6 Å². The molecule has 3 nitrogen and oxygen atoms in total. The molecule has 1 aliphatic carbocycles. The molecule has 19 heavy (non-hydrogen) atoms. The van der Waals surface area contributed by atoms with Gasteiger partial charge in [0, 0.05) is 13.6 Å². The second-order valence-corrected chi connectivity index (χ2v) is 5.75. The van der Waals surface area contributed by atoms with E-state index < -0.39 is 6.10 Å². The van der Waals surface area contributed by atoms with E-state index in [1.54, 1.807) is 0 Å². The molecule has 1 aromatic heterocycles. The highest BCUT2D eigenvalue weighted by Crippen LogP contribution is 2.26. The molecule has 0 aromatic carbocycles. The molecule has 1 fully saturated rings. The Kier molecular flexibility index (Phi) is 5.20. The summed E-state index contributed by atoms with van der Waals surface area (Å²) in [6.45, 7) is 3.09. The molecule has 0 radical (unpaired) electrons. The molecule has 1 heterocycles. The van der Waals surface area contributed by atoms with Gasteiger partial charge in [-0.25, -0.2) is 0 Å². The maximum atomic E-state index is 9.74. The van der Waals surface area contributed by atoms with Crippen molar-refractivity contribution in [3.8, 4) is 0 Å². The molecular formula is C16H26N2O. The minimum Gasteiger partial charge on any atom is -0.387 e. The quantitative estimate of drug-likeness (QED) is 0.881. The Labute approximate surface area is 116 Å². The summed E-state index contributed by atoms with van der Waals surface area (Å²) in [6, 6.07) is 4.02. The lowest BCUT2D eigenvalue weighted by atomic mass is 9.89. The van der Waals surface area contributed by atoms with E-state index in [1.165, 1.54) is 32.1 Å². The molecule has 106 valence electrons. The highest BCUT2D eigenvalue weighted by molar-refractivity contribution is 5.43. The molecule has 1 aromatic rings. The highest BCUT2D eigenvalue weighted by atomic mass is 16.3. The van der Waals surface area contributed by atoms with Crippen LogP contribution in [0.4, 0.5) is 5.69 Å². The number of aliphatic hydroxyl groups excluding tert-OH is 1.